The third kappa shape index (κ3) is 7.82. The third-order valence-electron chi connectivity index (χ3n) is 8.75. The number of carbonyl (C=O) groups is 1. The van der Waals surface area contributed by atoms with Crippen molar-refractivity contribution in [3.05, 3.63) is 82.5 Å². The van der Waals surface area contributed by atoms with E-state index in [0.717, 1.165) is 18.2 Å². The van der Waals surface area contributed by atoms with Gasteiger partial charge in [0.1, 0.15) is 76.7 Å². The first kappa shape index (κ1) is 38.4. The van der Waals surface area contributed by atoms with E-state index >= 15 is 0 Å². The van der Waals surface area contributed by atoms with Gasteiger partial charge >= 0.3 is 5.97 Å². The van der Waals surface area contributed by atoms with Gasteiger partial charge in [0.25, 0.3) is 0 Å². The molecular weight excluding hydrogens is 720 g/mol. The molecule has 0 aliphatic carbocycles. The SMILES string of the molecule is O=C(/C=C/c1ccc(O)cc1)O[C@@H]1[C@H](O)[C@@H](O)[C@H](Oc2c(-c3ccc(O)cc3)oc3cc(O[C@H]4O[C@H](CO)[C@H](O)[C@@H](O)[C@H]4O)cc(O)c3c2=O)O[C@@H]1CO. The number of benzene rings is 3. The van der Waals surface area contributed by atoms with Crippen LogP contribution in [0.3, 0.4) is 0 Å². The van der Waals surface area contributed by atoms with Gasteiger partial charge in [0, 0.05) is 23.8 Å². The molecule has 6 rings (SSSR count). The number of fused-ring (bicyclic) bond motifs is 1. The molecular formula is C36H36O18. The highest BCUT2D eigenvalue weighted by Gasteiger charge is 2.48. The molecule has 3 heterocycles. The van der Waals surface area contributed by atoms with Gasteiger partial charge in [-0.25, -0.2) is 4.79 Å². The van der Waals surface area contributed by atoms with Crippen molar-refractivity contribution in [3.63, 3.8) is 0 Å². The molecule has 0 saturated carbocycles. The van der Waals surface area contributed by atoms with Crippen LogP contribution in [0.1, 0.15) is 5.56 Å². The maximum absolute atomic E-state index is 14.0. The van der Waals surface area contributed by atoms with E-state index in [9.17, 15) is 60.7 Å². The van der Waals surface area contributed by atoms with Crippen LogP contribution in [0, 0.1) is 0 Å². The van der Waals surface area contributed by atoms with Gasteiger partial charge in [0.2, 0.25) is 23.8 Å². The summed E-state index contributed by atoms with van der Waals surface area (Å²) >= 11 is 0. The Hall–Kier alpha value is -5.28. The molecule has 4 aromatic rings. The van der Waals surface area contributed by atoms with Gasteiger partial charge in [0.15, 0.2) is 11.9 Å². The van der Waals surface area contributed by atoms with Crippen LogP contribution in [-0.2, 0) is 19.0 Å². The number of hydrogen-bond donors (Lipinski definition) is 10. The maximum Gasteiger partial charge on any atom is 0.331 e. The van der Waals surface area contributed by atoms with Gasteiger partial charge in [-0.1, -0.05) is 12.1 Å². The summed E-state index contributed by atoms with van der Waals surface area (Å²) in [4.78, 5) is 26.6. The van der Waals surface area contributed by atoms with Crippen molar-refractivity contribution in [3.8, 4) is 40.1 Å². The molecule has 0 amide bonds. The molecule has 2 aliphatic rings. The molecule has 2 fully saturated rings. The largest absolute Gasteiger partial charge is 0.508 e. The number of aliphatic hydroxyl groups excluding tert-OH is 7. The average molecular weight is 757 g/mol. The number of hydrogen-bond acceptors (Lipinski definition) is 18. The second kappa shape index (κ2) is 16.0. The number of carbonyl (C=O) groups excluding carboxylic acids is 1. The highest BCUT2D eigenvalue weighted by atomic mass is 16.7. The summed E-state index contributed by atoms with van der Waals surface area (Å²) in [6.07, 6.45) is -14.8. The summed E-state index contributed by atoms with van der Waals surface area (Å²) in [5, 5.41) is 102. The highest BCUT2D eigenvalue weighted by Crippen LogP contribution is 2.38. The molecule has 0 bridgehead atoms. The number of aliphatic hydroxyl groups is 7. The molecule has 1 aromatic heterocycles. The minimum atomic E-state index is -2.00. The number of rotatable bonds is 10. The summed E-state index contributed by atoms with van der Waals surface area (Å²) in [6.45, 7) is -1.58. The lowest BCUT2D eigenvalue weighted by atomic mass is 9.99. The van der Waals surface area contributed by atoms with Crippen molar-refractivity contribution < 1.29 is 84.0 Å². The van der Waals surface area contributed by atoms with Gasteiger partial charge in [0.05, 0.1) is 13.2 Å². The Morgan fingerprint density at radius 2 is 1.31 bits per heavy atom. The molecule has 54 heavy (non-hydrogen) atoms. The minimum Gasteiger partial charge on any atom is -0.508 e. The second-order valence-corrected chi connectivity index (χ2v) is 12.4. The predicted octanol–water partition coefficient (Wildman–Crippen LogP) is -0.802. The number of aromatic hydroxyl groups is 3. The smallest absolute Gasteiger partial charge is 0.331 e. The predicted molar refractivity (Wildman–Crippen MR) is 181 cm³/mol. The lowest BCUT2D eigenvalue weighted by Crippen LogP contribution is -2.61. The van der Waals surface area contributed by atoms with E-state index in [1.807, 2.05) is 0 Å². The fourth-order valence-corrected chi connectivity index (χ4v) is 5.87. The van der Waals surface area contributed by atoms with E-state index < -0.39 is 103 Å². The third-order valence-corrected chi connectivity index (χ3v) is 8.75. The normalized spacial score (nSPS) is 28.6. The molecule has 10 N–H and O–H groups in total. The molecule has 0 spiro atoms. The van der Waals surface area contributed by atoms with Crippen LogP contribution in [0.4, 0.5) is 0 Å². The lowest BCUT2D eigenvalue weighted by molar-refractivity contribution is -0.280. The monoisotopic (exact) mass is 756 g/mol. The van der Waals surface area contributed by atoms with E-state index in [-0.39, 0.29) is 34.2 Å². The van der Waals surface area contributed by atoms with Crippen LogP contribution in [-0.4, -0.2) is 132 Å². The number of phenols is 3. The van der Waals surface area contributed by atoms with Crippen LogP contribution in [0.2, 0.25) is 0 Å². The Labute approximate surface area is 304 Å². The molecule has 18 nitrogen and oxygen atoms in total. The van der Waals surface area contributed by atoms with Crippen molar-refractivity contribution in [1.29, 1.82) is 0 Å². The number of ether oxygens (including phenoxy) is 5. The number of phenolic OH excluding ortho intramolecular Hbond substituents is 3. The van der Waals surface area contributed by atoms with Gasteiger partial charge in [-0.15, -0.1) is 0 Å². The zero-order valence-corrected chi connectivity index (χ0v) is 27.9. The minimum absolute atomic E-state index is 0.0102. The van der Waals surface area contributed by atoms with E-state index in [1.54, 1.807) is 0 Å². The molecule has 288 valence electrons. The van der Waals surface area contributed by atoms with Gasteiger partial charge in [-0.3, -0.25) is 4.79 Å². The standard InChI is InChI=1S/C36H36O18/c37-13-22-26(43)28(45)30(47)35(51-22)49-19-11-20(41)25-21(12-19)50-32(16-4-8-18(40)9-5-16)34(27(25)44)54-36-31(48)29(46)33(23(14-38)52-36)53-24(42)10-3-15-1-6-17(39)7-2-15/h1-12,22-23,26,28-31,33,35-41,43,45-48H,13-14H2/b10-3+/t22-,23-,26+,28-,29-,30-,31-,33+,35+,36+/m1/s1. The highest BCUT2D eigenvalue weighted by molar-refractivity contribution is 5.88. The van der Waals surface area contributed by atoms with E-state index in [1.165, 1.54) is 54.6 Å². The zero-order valence-electron chi connectivity index (χ0n) is 27.9. The fraction of sp³-hybridized carbons (Fsp3) is 0.333. The molecule has 2 saturated heterocycles. The Bertz CT molecular complexity index is 2020. The Morgan fingerprint density at radius 3 is 1.96 bits per heavy atom. The van der Waals surface area contributed by atoms with E-state index in [4.69, 9.17) is 28.1 Å². The van der Waals surface area contributed by atoms with Crippen LogP contribution >= 0.6 is 0 Å². The Kier molecular flexibility index (Phi) is 11.4. The van der Waals surface area contributed by atoms with Crippen LogP contribution in [0.15, 0.2) is 76.0 Å². The van der Waals surface area contributed by atoms with Gasteiger partial charge < -0.3 is 79.2 Å². The molecule has 2 aliphatic heterocycles. The van der Waals surface area contributed by atoms with E-state index in [2.05, 4.69) is 0 Å². The van der Waals surface area contributed by atoms with Crippen molar-refractivity contribution >= 4 is 23.0 Å². The fourth-order valence-electron chi connectivity index (χ4n) is 5.87. The first-order valence-corrected chi connectivity index (χ1v) is 16.4. The van der Waals surface area contributed by atoms with Gasteiger partial charge in [-0.2, -0.15) is 0 Å². The summed E-state index contributed by atoms with van der Waals surface area (Å²) < 4.78 is 33.7. The second-order valence-electron chi connectivity index (χ2n) is 12.4. The van der Waals surface area contributed by atoms with Crippen molar-refractivity contribution in [1.82, 2.24) is 0 Å². The average Bonchev–Trinajstić information content (AvgIpc) is 3.15. The van der Waals surface area contributed by atoms with Crippen LogP contribution < -0.4 is 14.9 Å². The maximum atomic E-state index is 14.0. The van der Waals surface area contributed by atoms with Crippen molar-refractivity contribution in [2.45, 2.75) is 61.4 Å². The van der Waals surface area contributed by atoms with Crippen molar-refractivity contribution in [2.24, 2.45) is 0 Å². The Balaban J connectivity index is 1.30. The summed E-state index contributed by atoms with van der Waals surface area (Å²) in [7, 11) is 0. The van der Waals surface area contributed by atoms with Crippen LogP contribution in [0.5, 0.6) is 28.7 Å². The molecule has 0 unspecified atom stereocenters. The van der Waals surface area contributed by atoms with Crippen LogP contribution in [0.25, 0.3) is 28.4 Å². The quantitative estimate of drug-likeness (QED) is 0.0700. The summed E-state index contributed by atoms with van der Waals surface area (Å²) in [5.41, 5.74) is -0.700. The lowest BCUT2D eigenvalue weighted by Gasteiger charge is -2.41. The number of esters is 1. The molecule has 3 aromatic carbocycles. The molecule has 18 heteroatoms. The summed E-state index contributed by atoms with van der Waals surface area (Å²) in [5.74, 6) is -3.12. The van der Waals surface area contributed by atoms with Crippen molar-refractivity contribution in [2.75, 3.05) is 13.2 Å². The first-order valence-electron chi connectivity index (χ1n) is 16.4. The first-order chi connectivity index (χ1) is 25.8. The zero-order chi connectivity index (χ0) is 38.8. The Morgan fingerprint density at radius 1 is 0.722 bits per heavy atom. The topological polar surface area (TPSA) is 296 Å². The molecule has 10 atom stereocenters. The van der Waals surface area contributed by atoms with Gasteiger partial charge in [-0.05, 0) is 48.0 Å². The molecule has 0 radical (unpaired) electrons. The summed E-state index contributed by atoms with van der Waals surface area (Å²) in [6, 6.07) is 13.1. The van der Waals surface area contributed by atoms with E-state index in [0.29, 0.717) is 5.56 Å².